The maximum Gasteiger partial charge on any atom is 0.271 e. The first kappa shape index (κ1) is 19.8. The topological polar surface area (TPSA) is 138 Å². The van der Waals surface area contributed by atoms with Crippen LogP contribution in [0.1, 0.15) is 41.9 Å². The average molecular weight is 386 g/mol. The lowest BCUT2D eigenvalue weighted by Gasteiger charge is -2.28. The zero-order valence-electron chi connectivity index (χ0n) is 16.1. The first-order chi connectivity index (χ1) is 13.5. The van der Waals surface area contributed by atoms with Crippen molar-refractivity contribution in [3.63, 3.8) is 0 Å². The highest BCUT2D eigenvalue weighted by molar-refractivity contribution is 5.96. The molecule has 9 heteroatoms. The third-order valence-corrected chi connectivity index (χ3v) is 5.02. The fraction of sp³-hybridized carbons (Fsp3) is 0.474. The van der Waals surface area contributed by atoms with Crippen LogP contribution in [0.4, 0.5) is 11.5 Å². The normalized spacial score (nSPS) is 19.1. The second kappa shape index (κ2) is 8.83. The fourth-order valence-electron chi connectivity index (χ4n) is 3.50. The van der Waals surface area contributed by atoms with Gasteiger partial charge in [0.05, 0.1) is 25.6 Å². The highest BCUT2D eigenvalue weighted by Crippen LogP contribution is 2.29. The molecule has 0 saturated heterocycles. The van der Waals surface area contributed by atoms with Gasteiger partial charge in [-0.2, -0.15) is 10.1 Å². The van der Waals surface area contributed by atoms with E-state index in [1.54, 1.807) is 18.2 Å². The van der Waals surface area contributed by atoms with Crippen molar-refractivity contribution < 1.29 is 14.3 Å². The van der Waals surface area contributed by atoms with E-state index in [1.165, 1.54) is 27.1 Å². The summed E-state index contributed by atoms with van der Waals surface area (Å²) in [6, 6.07) is 5.38. The van der Waals surface area contributed by atoms with Gasteiger partial charge in [0.25, 0.3) is 11.8 Å². The van der Waals surface area contributed by atoms with Gasteiger partial charge in [0.15, 0.2) is 11.4 Å². The number of ether oxygens (including phenoxy) is 2. The van der Waals surface area contributed by atoms with Gasteiger partial charge in [-0.25, -0.2) is 0 Å². The number of carbonyl (C=O) groups is 1. The number of aromatic nitrogens is 3. The summed E-state index contributed by atoms with van der Waals surface area (Å²) in [5.41, 5.74) is 13.0. The maximum absolute atomic E-state index is 11.8. The van der Waals surface area contributed by atoms with Gasteiger partial charge in [-0.05, 0) is 43.4 Å². The molecular weight excluding hydrogens is 360 g/mol. The Hall–Kier alpha value is -2.94. The second-order valence-electron chi connectivity index (χ2n) is 6.91. The summed E-state index contributed by atoms with van der Waals surface area (Å²) in [6.45, 7) is 0. The van der Waals surface area contributed by atoms with Crippen LogP contribution in [-0.4, -0.2) is 41.3 Å². The molecule has 28 heavy (non-hydrogen) atoms. The number of carbonyl (C=O) groups excluding carboxylic acids is 1. The molecule has 0 aliphatic heterocycles. The van der Waals surface area contributed by atoms with Crippen LogP contribution < -0.4 is 26.3 Å². The Balaban J connectivity index is 1.86. The molecule has 0 spiro atoms. The Morgan fingerprint density at radius 3 is 2.68 bits per heavy atom. The number of nitrogens with two attached hydrogens (primary N) is 2. The van der Waals surface area contributed by atoms with Crippen LogP contribution >= 0.6 is 0 Å². The highest BCUT2D eigenvalue weighted by atomic mass is 16.5. The number of methoxy groups -OCH3 is 2. The lowest BCUT2D eigenvalue weighted by atomic mass is 9.82. The average Bonchev–Trinajstić information content (AvgIpc) is 2.69. The lowest BCUT2D eigenvalue weighted by molar-refractivity contribution is 0.0995. The number of amides is 1. The molecule has 1 aliphatic carbocycles. The Bertz CT molecular complexity index is 844. The highest BCUT2D eigenvalue weighted by Gasteiger charge is 2.23. The summed E-state index contributed by atoms with van der Waals surface area (Å²) in [5.74, 6) is 0.978. The Kier molecular flexibility index (Phi) is 6.25. The largest absolute Gasteiger partial charge is 0.491 e. The van der Waals surface area contributed by atoms with Gasteiger partial charge in [-0.1, -0.05) is 12.8 Å². The minimum atomic E-state index is -0.670. The molecule has 0 bridgehead atoms. The molecule has 1 fully saturated rings. The van der Waals surface area contributed by atoms with Gasteiger partial charge in [-0.3, -0.25) is 4.79 Å². The monoisotopic (exact) mass is 386 g/mol. The molecule has 2 atom stereocenters. The molecule has 3 rings (SSSR count). The third-order valence-electron chi connectivity index (χ3n) is 5.02. The van der Waals surface area contributed by atoms with E-state index in [2.05, 4.69) is 20.5 Å². The molecule has 9 nitrogen and oxygen atoms in total. The smallest absolute Gasteiger partial charge is 0.271 e. The van der Waals surface area contributed by atoms with Crippen LogP contribution in [0.15, 0.2) is 18.2 Å². The molecule has 5 N–H and O–H groups in total. The van der Waals surface area contributed by atoms with Gasteiger partial charge in [0.1, 0.15) is 5.82 Å². The van der Waals surface area contributed by atoms with E-state index in [0.29, 0.717) is 35.5 Å². The van der Waals surface area contributed by atoms with Crippen molar-refractivity contribution in [2.45, 2.75) is 38.1 Å². The van der Waals surface area contributed by atoms with E-state index in [9.17, 15) is 4.79 Å². The van der Waals surface area contributed by atoms with Gasteiger partial charge < -0.3 is 26.3 Å². The molecule has 0 unspecified atom stereocenters. The van der Waals surface area contributed by atoms with E-state index >= 15 is 0 Å². The molecule has 0 aromatic carbocycles. The number of rotatable bonds is 7. The molecule has 1 amide bonds. The molecule has 1 saturated carbocycles. The Morgan fingerprint density at radius 2 is 2.00 bits per heavy atom. The number of hydrogen-bond donors (Lipinski definition) is 3. The molecule has 150 valence electrons. The molecule has 0 radical (unpaired) electrons. The third kappa shape index (κ3) is 4.48. The van der Waals surface area contributed by atoms with Crippen molar-refractivity contribution in [1.29, 1.82) is 0 Å². The Morgan fingerprint density at radius 1 is 1.21 bits per heavy atom. The van der Waals surface area contributed by atoms with Gasteiger partial charge in [0, 0.05) is 6.04 Å². The van der Waals surface area contributed by atoms with Crippen LogP contribution in [0.2, 0.25) is 0 Å². The first-order valence-electron chi connectivity index (χ1n) is 9.29. The van der Waals surface area contributed by atoms with E-state index in [0.717, 1.165) is 18.5 Å². The van der Waals surface area contributed by atoms with Crippen molar-refractivity contribution in [3.8, 4) is 11.6 Å². The number of primary amides is 1. The van der Waals surface area contributed by atoms with Gasteiger partial charge in [0.2, 0.25) is 0 Å². The molecule has 2 aromatic rings. The summed E-state index contributed by atoms with van der Waals surface area (Å²) in [4.78, 5) is 16.1. The lowest BCUT2D eigenvalue weighted by Crippen LogP contribution is -2.34. The summed E-state index contributed by atoms with van der Waals surface area (Å²) in [6.07, 6.45) is 5.15. The SMILES string of the molecule is COc1ccc(Nc2cc(C[C@@H]3CCCC[C@@H]3N)nnc2C(N)=O)nc1OC. The predicted octanol–water partition coefficient (Wildman–Crippen LogP) is 1.79. The predicted molar refractivity (Wildman–Crippen MR) is 105 cm³/mol. The molecular formula is C19H26N6O3. The maximum atomic E-state index is 11.8. The Labute approximate surface area is 163 Å². The standard InChI is InChI=1S/C19H26N6O3/c1-27-15-7-8-16(23-19(15)28-2)22-14-10-12(24-25-17(14)18(21)26)9-11-5-3-4-6-13(11)20/h7-8,10-11,13H,3-6,9,20H2,1-2H3,(H2,21,26)(H,22,23,24)/t11-,13-/m0/s1. The number of hydrogen-bond acceptors (Lipinski definition) is 8. The van der Waals surface area contributed by atoms with Crippen LogP contribution in [0, 0.1) is 5.92 Å². The quantitative estimate of drug-likeness (QED) is 0.655. The fourth-order valence-corrected chi connectivity index (χ4v) is 3.50. The minimum Gasteiger partial charge on any atom is -0.491 e. The van der Waals surface area contributed by atoms with E-state index < -0.39 is 5.91 Å². The number of anilines is 2. The van der Waals surface area contributed by atoms with Crippen molar-refractivity contribution >= 4 is 17.4 Å². The summed E-state index contributed by atoms with van der Waals surface area (Å²) in [7, 11) is 3.04. The number of nitrogens with one attached hydrogen (secondary N) is 1. The zero-order chi connectivity index (χ0) is 20.1. The van der Waals surface area contributed by atoms with Crippen molar-refractivity contribution in [3.05, 3.63) is 29.6 Å². The van der Waals surface area contributed by atoms with E-state index in [-0.39, 0.29) is 11.7 Å². The number of pyridine rings is 1. The molecule has 2 aromatic heterocycles. The first-order valence-corrected chi connectivity index (χ1v) is 9.29. The summed E-state index contributed by atoms with van der Waals surface area (Å²) < 4.78 is 10.4. The van der Waals surface area contributed by atoms with E-state index in [4.69, 9.17) is 20.9 Å². The van der Waals surface area contributed by atoms with E-state index in [1.807, 2.05) is 0 Å². The second-order valence-corrected chi connectivity index (χ2v) is 6.91. The zero-order valence-corrected chi connectivity index (χ0v) is 16.1. The van der Waals surface area contributed by atoms with Crippen molar-refractivity contribution in [2.75, 3.05) is 19.5 Å². The van der Waals surface area contributed by atoms with Gasteiger partial charge >= 0.3 is 0 Å². The molecule has 1 aliphatic rings. The molecule has 2 heterocycles. The minimum absolute atomic E-state index is 0.0493. The summed E-state index contributed by atoms with van der Waals surface area (Å²) in [5, 5.41) is 11.3. The van der Waals surface area contributed by atoms with Gasteiger partial charge in [-0.15, -0.1) is 5.10 Å². The van der Waals surface area contributed by atoms with Crippen LogP contribution in [0.5, 0.6) is 11.6 Å². The van der Waals surface area contributed by atoms with Crippen molar-refractivity contribution in [2.24, 2.45) is 17.4 Å². The van der Waals surface area contributed by atoms with Crippen LogP contribution in [-0.2, 0) is 6.42 Å². The van der Waals surface area contributed by atoms with Crippen LogP contribution in [0.3, 0.4) is 0 Å². The number of nitrogens with zero attached hydrogens (tertiary/aromatic N) is 3. The van der Waals surface area contributed by atoms with Crippen LogP contribution in [0.25, 0.3) is 0 Å². The summed E-state index contributed by atoms with van der Waals surface area (Å²) >= 11 is 0. The van der Waals surface area contributed by atoms with Crippen molar-refractivity contribution in [1.82, 2.24) is 15.2 Å².